The van der Waals surface area contributed by atoms with Crippen LogP contribution in [0.3, 0.4) is 0 Å². The molecule has 1 unspecified atom stereocenters. The fourth-order valence-electron chi connectivity index (χ4n) is 1.76. The molecule has 5 nitrogen and oxygen atoms in total. The van der Waals surface area contributed by atoms with Gasteiger partial charge in [0.25, 0.3) is 0 Å². The minimum atomic E-state index is -0.208. The highest BCUT2D eigenvalue weighted by Gasteiger charge is 2.14. The van der Waals surface area contributed by atoms with Crippen molar-refractivity contribution in [3.05, 3.63) is 29.3 Å². The van der Waals surface area contributed by atoms with Crippen LogP contribution in [0.2, 0.25) is 0 Å². The first-order valence-electron chi connectivity index (χ1n) is 5.90. The number of rotatable bonds is 5. The number of nitrogens with one attached hydrogen (secondary N) is 1. The maximum Gasteiger partial charge on any atom is 0.307 e. The van der Waals surface area contributed by atoms with E-state index in [1.807, 2.05) is 25.1 Å². The lowest BCUT2D eigenvalue weighted by atomic mass is 10.1. The Labute approximate surface area is 106 Å². The van der Waals surface area contributed by atoms with Gasteiger partial charge in [-0.2, -0.15) is 4.89 Å². The highest BCUT2D eigenvalue weighted by molar-refractivity contribution is 5.69. The molecule has 0 saturated heterocycles. The fourth-order valence-corrected chi connectivity index (χ4v) is 1.76. The van der Waals surface area contributed by atoms with Crippen LogP contribution in [-0.2, 0) is 27.6 Å². The highest BCUT2D eigenvalue weighted by atomic mass is 17.2. The van der Waals surface area contributed by atoms with Crippen LogP contribution in [0, 0.1) is 0 Å². The molecule has 0 bridgehead atoms. The topological polar surface area (TPSA) is 56.8 Å². The second kappa shape index (κ2) is 5.84. The molecule has 1 N–H and O–H groups in total. The van der Waals surface area contributed by atoms with Crippen LogP contribution in [0.1, 0.15) is 24.5 Å². The minimum Gasteiger partial charge on any atom is -0.469 e. The molecular formula is C13H17NO4. The standard InChI is InChI=1S/C13H17NO4/c1-9(5-13(15)16-2)14-7-10-3-4-11-8-17-18-12(11)6-10/h3-4,6,9,14H,5,7-8H2,1-2H3. The van der Waals surface area contributed by atoms with Gasteiger partial charge in [0.15, 0.2) is 5.75 Å². The lowest BCUT2D eigenvalue weighted by Crippen LogP contribution is -2.28. The van der Waals surface area contributed by atoms with Gasteiger partial charge in [-0.25, -0.2) is 0 Å². The van der Waals surface area contributed by atoms with Crippen LogP contribution >= 0.6 is 0 Å². The van der Waals surface area contributed by atoms with Gasteiger partial charge in [0, 0.05) is 18.2 Å². The van der Waals surface area contributed by atoms with E-state index >= 15 is 0 Å². The van der Waals surface area contributed by atoms with Crippen molar-refractivity contribution in [1.29, 1.82) is 0 Å². The number of carbonyl (C=O) groups is 1. The number of carbonyl (C=O) groups excluding carboxylic acids is 1. The van der Waals surface area contributed by atoms with Gasteiger partial charge in [-0.3, -0.25) is 4.79 Å². The molecule has 1 aromatic rings. The van der Waals surface area contributed by atoms with Crippen molar-refractivity contribution in [2.45, 2.75) is 32.5 Å². The molecule has 1 aliphatic heterocycles. The largest absolute Gasteiger partial charge is 0.469 e. The van der Waals surface area contributed by atoms with Crippen LogP contribution in [-0.4, -0.2) is 19.1 Å². The Kier molecular flexibility index (Phi) is 4.17. The van der Waals surface area contributed by atoms with Gasteiger partial charge >= 0.3 is 5.97 Å². The summed E-state index contributed by atoms with van der Waals surface area (Å²) in [6.07, 6.45) is 0.362. The van der Waals surface area contributed by atoms with Gasteiger partial charge in [0.2, 0.25) is 0 Å². The number of ether oxygens (including phenoxy) is 1. The molecule has 0 spiro atoms. The van der Waals surface area contributed by atoms with Crippen LogP contribution in [0.5, 0.6) is 5.75 Å². The van der Waals surface area contributed by atoms with E-state index in [9.17, 15) is 4.79 Å². The second-order valence-corrected chi connectivity index (χ2v) is 4.35. The Morgan fingerprint density at radius 1 is 1.56 bits per heavy atom. The summed E-state index contributed by atoms with van der Waals surface area (Å²) in [4.78, 5) is 21.0. The van der Waals surface area contributed by atoms with Gasteiger partial charge in [0.05, 0.1) is 13.5 Å². The SMILES string of the molecule is COC(=O)CC(C)NCc1ccc2c(c1)OOC2. The number of esters is 1. The van der Waals surface area contributed by atoms with Crippen molar-refractivity contribution >= 4 is 5.97 Å². The third kappa shape index (κ3) is 3.21. The van der Waals surface area contributed by atoms with E-state index in [0.29, 0.717) is 19.6 Å². The van der Waals surface area contributed by atoms with E-state index in [4.69, 9.17) is 9.78 Å². The average molecular weight is 251 g/mol. The Morgan fingerprint density at radius 2 is 2.39 bits per heavy atom. The summed E-state index contributed by atoms with van der Waals surface area (Å²) >= 11 is 0. The molecule has 0 fully saturated rings. The minimum absolute atomic E-state index is 0.0721. The molecule has 0 radical (unpaired) electrons. The van der Waals surface area contributed by atoms with Crippen molar-refractivity contribution < 1.29 is 19.3 Å². The molecule has 1 aromatic carbocycles. The zero-order valence-electron chi connectivity index (χ0n) is 10.6. The molecule has 5 heteroatoms. The summed E-state index contributed by atoms with van der Waals surface area (Å²) in [5.74, 6) is 0.565. The number of methoxy groups -OCH3 is 1. The van der Waals surface area contributed by atoms with Gasteiger partial charge in [-0.15, -0.1) is 0 Å². The maximum atomic E-state index is 11.1. The average Bonchev–Trinajstić information content (AvgIpc) is 2.83. The van der Waals surface area contributed by atoms with Crippen LogP contribution < -0.4 is 10.2 Å². The van der Waals surface area contributed by atoms with Gasteiger partial charge in [-0.1, -0.05) is 12.1 Å². The van der Waals surface area contributed by atoms with Crippen LogP contribution in [0.25, 0.3) is 0 Å². The van der Waals surface area contributed by atoms with E-state index in [0.717, 1.165) is 16.9 Å². The Bertz CT molecular complexity index is 433. The molecule has 0 aliphatic carbocycles. The summed E-state index contributed by atoms with van der Waals surface area (Å²) in [5, 5.41) is 3.26. The van der Waals surface area contributed by atoms with Crippen molar-refractivity contribution in [3.8, 4) is 5.75 Å². The molecule has 1 atom stereocenters. The first-order chi connectivity index (χ1) is 8.69. The Morgan fingerprint density at radius 3 is 3.17 bits per heavy atom. The zero-order chi connectivity index (χ0) is 13.0. The number of benzene rings is 1. The lowest BCUT2D eigenvalue weighted by molar-refractivity contribution is -0.194. The lowest BCUT2D eigenvalue weighted by Gasteiger charge is -2.12. The molecule has 2 rings (SSSR count). The van der Waals surface area contributed by atoms with Crippen molar-refractivity contribution in [2.24, 2.45) is 0 Å². The van der Waals surface area contributed by atoms with Gasteiger partial charge < -0.3 is 14.9 Å². The number of fused-ring (bicyclic) bond motifs is 1. The molecular weight excluding hydrogens is 234 g/mol. The van der Waals surface area contributed by atoms with Gasteiger partial charge in [-0.05, 0) is 18.6 Å². The number of hydrogen-bond donors (Lipinski definition) is 1. The molecule has 1 aliphatic rings. The first kappa shape index (κ1) is 12.9. The van der Waals surface area contributed by atoms with Crippen LogP contribution in [0.15, 0.2) is 18.2 Å². The molecule has 98 valence electrons. The second-order valence-electron chi connectivity index (χ2n) is 4.35. The predicted molar refractivity (Wildman–Crippen MR) is 64.8 cm³/mol. The predicted octanol–water partition coefficient (Wildman–Crippen LogP) is 1.55. The Balaban J connectivity index is 1.85. The van der Waals surface area contributed by atoms with E-state index in [2.05, 4.69) is 10.1 Å². The third-order valence-corrected chi connectivity index (χ3v) is 2.85. The zero-order valence-corrected chi connectivity index (χ0v) is 10.6. The monoisotopic (exact) mass is 251 g/mol. The van der Waals surface area contributed by atoms with Crippen molar-refractivity contribution in [1.82, 2.24) is 5.32 Å². The summed E-state index contributed by atoms with van der Waals surface area (Å²) in [6.45, 7) is 3.13. The molecule has 0 saturated carbocycles. The highest BCUT2D eigenvalue weighted by Crippen LogP contribution is 2.26. The summed E-state index contributed by atoms with van der Waals surface area (Å²) in [7, 11) is 1.40. The quantitative estimate of drug-likeness (QED) is 0.635. The van der Waals surface area contributed by atoms with Crippen molar-refractivity contribution in [2.75, 3.05) is 7.11 Å². The van der Waals surface area contributed by atoms with Gasteiger partial charge in [0.1, 0.15) is 6.61 Å². The molecule has 0 aromatic heterocycles. The normalized spacial score (nSPS) is 14.8. The summed E-state index contributed by atoms with van der Waals surface area (Å²) in [5.41, 5.74) is 2.15. The summed E-state index contributed by atoms with van der Waals surface area (Å²) < 4.78 is 4.62. The maximum absolute atomic E-state index is 11.1. The summed E-state index contributed by atoms with van der Waals surface area (Å²) in [6, 6.07) is 6.03. The smallest absolute Gasteiger partial charge is 0.307 e. The van der Waals surface area contributed by atoms with E-state index in [1.165, 1.54) is 7.11 Å². The molecule has 1 heterocycles. The van der Waals surface area contributed by atoms with E-state index in [1.54, 1.807) is 0 Å². The van der Waals surface area contributed by atoms with Crippen LogP contribution in [0.4, 0.5) is 0 Å². The first-order valence-corrected chi connectivity index (χ1v) is 5.90. The molecule has 18 heavy (non-hydrogen) atoms. The van der Waals surface area contributed by atoms with Crippen molar-refractivity contribution in [3.63, 3.8) is 0 Å². The molecule has 0 amide bonds. The van der Waals surface area contributed by atoms with E-state index < -0.39 is 0 Å². The fraction of sp³-hybridized carbons (Fsp3) is 0.462. The number of hydrogen-bond acceptors (Lipinski definition) is 5. The third-order valence-electron chi connectivity index (χ3n) is 2.85. The van der Waals surface area contributed by atoms with E-state index in [-0.39, 0.29) is 12.0 Å². The Hall–Kier alpha value is -1.59.